The molecule has 0 amide bonds. The number of aliphatic hydroxyl groups is 1. The zero-order valence-corrected chi connectivity index (χ0v) is 11.6. The van der Waals surface area contributed by atoms with E-state index >= 15 is 0 Å². The molecule has 0 aromatic rings. The second kappa shape index (κ2) is 6.87. The minimum absolute atomic E-state index is 0.344. The highest BCUT2D eigenvalue weighted by atomic mass is 28.3. The number of aliphatic hydroxyl groups excluding tert-OH is 1. The minimum Gasteiger partial charge on any atom is -0.389 e. The molecule has 0 spiro atoms. The topological polar surface area (TPSA) is 20.2 Å². The highest BCUT2D eigenvalue weighted by Gasteiger charge is 2.09. The highest BCUT2D eigenvalue weighted by molar-refractivity contribution is 6.76. The second-order valence-corrected chi connectivity index (χ2v) is 10.8. The summed E-state index contributed by atoms with van der Waals surface area (Å²) in [6, 6.07) is 1.08. The van der Waals surface area contributed by atoms with E-state index in [0.29, 0.717) is 0 Å². The first-order valence-corrected chi connectivity index (χ1v) is 9.33. The van der Waals surface area contributed by atoms with Crippen LogP contribution >= 0.6 is 0 Å². The fourth-order valence-electron chi connectivity index (χ4n) is 1.05. The van der Waals surface area contributed by atoms with Crippen molar-refractivity contribution in [3.05, 3.63) is 12.2 Å². The smallest absolute Gasteiger partial charge is 0.0745 e. The molecule has 0 fully saturated rings. The molecule has 0 saturated heterocycles. The van der Waals surface area contributed by atoms with Crippen LogP contribution in [0.5, 0.6) is 0 Å². The first kappa shape index (κ1) is 14.5. The Morgan fingerprint density at radius 2 is 1.93 bits per heavy atom. The van der Waals surface area contributed by atoms with Crippen molar-refractivity contribution in [2.45, 2.75) is 58.0 Å². The molecule has 0 aliphatic rings. The molecular formula is C13H24OSi. The SMILES string of the molecule is C=C(C)C(O)CCCC#CC[Si](C)(C)C. The lowest BCUT2D eigenvalue weighted by atomic mass is 10.1. The van der Waals surface area contributed by atoms with Crippen molar-refractivity contribution in [1.29, 1.82) is 0 Å². The van der Waals surface area contributed by atoms with Gasteiger partial charge in [-0.2, -0.15) is 0 Å². The van der Waals surface area contributed by atoms with Crippen molar-refractivity contribution in [1.82, 2.24) is 0 Å². The summed E-state index contributed by atoms with van der Waals surface area (Å²) < 4.78 is 0. The lowest BCUT2D eigenvalue weighted by Crippen LogP contribution is -2.17. The Hall–Kier alpha value is -0.523. The van der Waals surface area contributed by atoms with Gasteiger partial charge in [0.05, 0.1) is 14.2 Å². The van der Waals surface area contributed by atoms with Crippen LogP contribution in [0.15, 0.2) is 12.2 Å². The Bertz CT molecular complexity index is 252. The molecule has 0 bridgehead atoms. The summed E-state index contributed by atoms with van der Waals surface area (Å²) >= 11 is 0. The maximum Gasteiger partial charge on any atom is 0.0745 e. The summed E-state index contributed by atoms with van der Waals surface area (Å²) in [4.78, 5) is 0. The van der Waals surface area contributed by atoms with E-state index in [1.807, 2.05) is 6.92 Å². The van der Waals surface area contributed by atoms with E-state index in [0.717, 1.165) is 30.9 Å². The Labute approximate surface area is 95.6 Å². The van der Waals surface area contributed by atoms with E-state index < -0.39 is 8.07 Å². The summed E-state index contributed by atoms with van der Waals surface area (Å²) in [5.41, 5.74) is 0.852. The zero-order chi connectivity index (χ0) is 11.9. The Morgan fingerprint density at radius 3 is 2.40 bits per heavy atom. The van der Waals surface area contributed by atoms with Crippen molar-refractivity contribution in [3.8, 4) is 11.8 Å². The molecule has 0 heterocycles. The van der Waals surface area contributed by atoms with Crippen LogP contribution in [-0.2, 0) is 0 Å². The van der Waals surface area contributed by atoms with Gasteiger partial charge < -0.3 is 5.11 Å². The molecule has 0 saturated carbocycles. The van der Waals surface area contributed by atoms with E-state index in [4.69, 9.17) is 0 Å². The average molecular weight is 224 g/mol. The quantitative estimate of drug-likeness (QED) is 0.328. The van der Waals surface area contributed by atoms with Gasteiger partial charge in [0.15, 0.2) is 0 Å². The summed E-state index contributed by atoms with van der Waals surface area (Å²) in [6.45, 7) is 12.6. The molecule has 1 atom stereocenters. The highest BCUT2D eigenvalue weighted by Crippen LogP contribution is 2.08. The Kier molecular flexibility index (Phi) is 6.63. The summed E-state index contributed by atoms with van der Waals surface area (Å²) in [5, 5.41) is 9.47. The fraction of sp³-hybridized carbons (Fsp3) is 0.692. The number of unbranched alkanes of at least 4 members (excludes halogenated alkanes) is 1. The third-order valence-corrected chi connectivity index (χ3v) is 3.33. The predicted octanol–water partition coefficient (Wildman–Crippen LogP) is 3.44. The van der Waals surface area contributed by atoms with Gasteiger partial charge in [-0.1, -0.05) is 31.8 Å². The molecule has 1 nitrogen and oxygen atoms in total. The van der Waals surface area contributed by atoms with Crippen LogP contribution in [0.25, 0.3) is 0 Å². The van der Waals surface area contributed by atoms with Gasteiger partial charge in [0, 0.05) is 12.5 Å². The Morgan fingerprint density at radius 1 is 1.33 bits per heavy atom. The van der Waals surface area contributed by atoms with Gasteiger partial charge in [-0.15, -0.1) is 11.8 Å². The van der Waals surface area contributed by atoms with Crippen LogP contribution in [0.4, 0.5) is 0 Å². The van der Waals surface area contributed by atoms with Gasteiger partial charge >= 0.3 is 0 Å². The molecule has 0 aliphatic carbocycles. The molecule has 86 valence electrons. The number of hydrogen-bond acceptors (Lipinski definition) is 1. The van der Waals surface area contributed by atoms with Gasteiger partial charge in [0.2, 0.25) is 0 Å². The standard InChI is InChI=1S/C13H24OSi/c1-12(2)13(14)10-8-6-7-9-11-15(3,4)5/h13-14H,1,6,8,10-11H2,2-5H3. The molecule has 2 heteroatoms. The summed E-state index contributed by atoms with van der Waals surface area (Å²) in [6.07, 6.45) is 2.31. The molecule has 15 heavy (non-hydrogen) atoms. The lowest BCUT2D eigenvalue weighted by molar-refractivity contribution is 0.198. The van der Waals surface area contributed by atoms with Gasteiger partial charge in [-0.05, 0) is 19.8 Å². The largest absolute Gasteiger partial charge is 0.389 e. The van der Waals surface area contributed by atoms with Gasteiger partial charge in [0.25, 0.3) is 0 Å². The first-order chi connectivity index (χ1) is 6.83. The van der Waals surface area contributed by atoms with Crippen molar-refractivity contribution in [3.63, 3.8) is 0 Å². The third kappa shape index (κ3) is 9.77. The van der Waals surface area contributed by atoms with Crippen molar-refractivity contribution in [2.24, 2.45) is 0 Å². The van der Waals surface area contributed by atoms with Crippen molar-refractivity contribution >= 4 is 8.07 Å². The van der Waals surface area contributed by atoms with E-state index in [1.54, 1.807) is 0 Å². The summed E-state index contributed by atoms with van der Waals surface area (Å²) in [7, 11) is -0.994. The predicted molar refractivity (Wildman–Crippen MR) is 70.6 cm³/mol. The van der Waals surface area contributed by atoms with E-state index in [2.05, 4.69) is 38.1 Å². The molecular weight excluding hydrogens is 200 g/mol. The zero-order valence-electron chi connectivity index (χ0n) is 10.6. The molecule has 0 aromatic heterocycles. The molecule has 1 N–H and O–H groups in total. The fourth-order valence-corrected chi connectivity index (χ4v) is 1.70. The monoisotopic (exact) mass is 224 g/mol. The number of rotatable bonds is 5. The van der Waals surface area contributed by atoms with Crippen molar-refractivity contribution in [2.75, 3.05) is 0 Å². The molecule has 0 rings (SSSR count). The molecule has 1 unspecified atom stereocenters. The lowest BCUT2D eigenvalue weighted by Gasteiger charge is -2.09. The van der Waals surface area contributed by atoms with E-state index in [-0.39, 0.29) is 6.10 Å². The molecule has 0 aromatic carbocycles. The number of hydrogen-bond donors (Lipinski definition) is 1. The van der Waals surface area contributed by atoms with E-state index in [1.165, 1.54) is 0 Å². The Balaban J connectivity index is 3.58. The molecule has 0 radical (unpaired) electrons. The van der Waals surface area contributed by atoms with Crippen molar-refractivity contribution < 1.29 is 5.11 Å². The van der Waals surface area contributed by atoms with Crippen LogP contribution in [0.3, 0.4) is 0 Å². The van der Waals surface area contributed by atoms with E-state index in [9.17, 15) is 5.11 Å². The minimum atomic E-state index is -0.994. The van der Waals surface area contributed by atoms with Crippen LogP contribution in [0.1, 0.15) is 26.2 Å². The normalized spacial score (nSPS) is 12.9. The van der Waals surface area contributed by atoms with Crippen LogP contribution < -0.4 is 0 Å². The average Bonchev–Trinajstić information content (AvgIpc) is 2.08. The second-order valence-electron chi connectivity index (χ2n) is 5.35. The van der Waals surface area contributed by atoms with Crippen LogP contribution in [0.2, 0.25) is 25.7 Å². The maximum absolute atomic E-state index is 9.47. The molecule has 0 aliphatic heterocycles. The summed E-state index contributed by atoms with van der Waals surface area (Å²) in [5.74, 6) is 6.42. The van der Waals surface area contributed by atoms with Crippen LogP contribution in [-0.4, -0.2) is 19.3 Å². The maximum atomic E-state index is 9.47. The van der Waals surface area contributed by atoms with Gasteiger partial charge in [-0.25, -0.2) is 0 Å². The van der Waals surface area contributed by atoms with Gasteiger partial charge in [-0.3, -0.25) is 0 Å². The van der Waals surface area contributed by atoms with Crippen LogP contribution in [0, 0.1) is 11.8 Å². The first-order valence-electron chi connectivity index (χ1n) is 5.62. The van der Waals surface area contributed by atoms with Gasteiger partial charge in [0.1, 0.15) is 0 Å². The third-order valence-electron chi connectivity index (χ3n) is 2.09.